The number of hydrogen-bond donors (Lipinski definition) is 2. The molecular weight excluding hydrogens is 390 g/mol. The Morgan fingerprint density at radius 2 is 1.66 bits per heavy atom. The number of nitrogens with one attached hydrogen (secondary N) is 2. The van der Waals surface area contributed by atoms with E-state index in [4.69, 9.17) is 0 Å². The van der Waals surface area contributed by atoms with Crippen molar-refractivity contribution in [2.75, 3.05) is 14.1 Å². The Bertz CT molecular complexity index is 969. The number of carbonyl (C=O) groups is 2. The molecule has 2 amide bonds. The number of benzene rings is 2. The molecule has 0 aromatic heterocycles. The quantitative estimate of drug-likeness (QED) is 0.684. The SMILES string of the molecule is CN(C)S(=O)(=O)c1ccc(C(=O)NC(Cc2ccccc2)C(=O)NC2CC2)cc1. The highest BCUT2D eigenvalue weighted by Crippen LogP contribution is 2.19. The van der Waals surface area contributed by atoms with Gasteiger partial charge in [-0.1, -0.05) is 30.3 Å². The fourth-order valence-electron chi connectivity index (χ4n) is 2.82. The molecule has 0 heterocycles. The first-order valence-corrected chi connectivity index (χ1v) is 10.9. The van der Waals surface area contributed by atoms with E-state index in [2.05, 4.69) is 10.6 Å². The van der Waals surface area contributed by atoms with Crippen LogP contribution in [0.1, 0.15) is 28.8 Å². The molecule has 154 valence electrons. The summed E-state index contributed by atoms with van der Waals surface area (Å²) in [5.74, 6) is -0.637. The number of amides is 2. The number of carbonyl (C=O) groups excluding carboxylic acids is 2. The molecule has 0 saturated heterocycles. The molecule has 3 rings (SSSR count). The number of nitrogens with zero attached hydrogens (tertiary/aromatic N) is 1. The maximum absolute atomic E-state index is 12.7. The van der Waals surface area contributed by atoms with Gasteiger partial charge in [0.25, 0.3) is 5.91 Å². The first-order valence-electron chi connectivity index (χ1n) is 9.45. The molecule has 8 heteroatoms. The van der Waals surface area contributed by atoms with Crippen LogP contribution in [0.2, 0.25) is 0 Å². The zero-order chi connectivity index (χ0) is 21.0. The van der Waals surface area contributed by atoms with E-state index in [9.17, 15) is 18.0 Å². The largest absolute Gasteiger partial charge is 0.352 e. The molecule has 1 aliphatic carbocycles. The van der Waals surface area contributed by atoms with Gasteiger partial charge >= 0.3 is 0 Å². The van der Waals surface area contributed by atoms with Crippen molar-refractivity contribution in [2.24, 2.45) is 0 Å². The summed E-state index contributed by atoms with van der Waals surface area (Å²) in [5.41, 5.74) is 1.23. The van der Waals surface area contributed by atoms with Crippen molar-refractivity contribution in [1.82, 2.24) is 14.9 Å². The molecule has 1 fully saturated rings. The third-order valence-corrected chi connectivity index (χ3v) is 6.55. The summed E-state index contributed by atoms with van der Waals surface area (Å²) in [6.07, 6.45) is 2.29. The Morgan fingerprint density at radius 1 is 1.03 bits per heavy atom. The smallest absolute Gasteiger partial charge is 0.251 e. The van der Waals surface area contributed by atoms with Gasteiger partial charge in [0, 0.05) is 32.1 Å². The Kier molecular flexibility index (Phi) is 6.34. The lowest BCUT2D eigenvalue weighted by Crippen LogP contribution is -2.48. The van der Waals surface area contributed by atoms with E-state index in [0.717, 1.165) is 22.7 Å². The molecule has 0 spiro atoms. The topological polar surface area (TPSA) is 95.6 Å². The maximum atomic E-state index is 12.7. The molecule has 1 aliphatic rings. The van der Waals surface area contributed by atoms with Crippen LogP contribution in [-0.2, 0) is 21.2 Å². The molecule has 0 radical (unpaired) electrons. The van der Waals surface area contributed by atoms with E-state index in [1.807, 2.05) is 30.3 Å². The predicted octanol–water partition coefficient (Wildman–Crippen LogP) is 1.56. The van der Waals surface area contributed by atoms with Gasteiger partial charge in [0.15, 0.2) is 0 Å². The molecule has 1 saturated carbocycles. The molecule has 1 unspecified atom stereocenters. The van der Waals surface area contributed by atoms with Crippen LogP contribution in [0.3, 0.4) is 0 Å². The highest BCUT2D eigenvalue weighted by Gasteiger charge is 2.29. The minimum absolute atomic E-state index is 0.103. The van der Waals surface area contributed by atoms with Crippen molar-refractivity contribution < 1.29 is 18.0 Å². The van der Waals surface area contributed by atoms with E-state index >= 15 is 0 Å². The lowest BCUT2D eigenvalue weighted by Gasteiger charge is -2.19. The molecule has 2 aromatic rings. The van der Waals surface area contributed by atoms with E-state index in [1.165, 1.54) is 38.4 Å². The average molecular weight is 416 g/mol. The Morgan fingerprint density at radius 3 is 2.21 bits per heavy atom. The Hall–Kier alpha value is -2.71. The second-order valence-electron chi connectivity index (χ2n) is 7.31. The van der Waals surface area contributed by atoms with Crippen LogP contribution in [0.25, 0.3) is 0 Å². The van der Waals surface area contributed by atoms with Crippen molar-refractivity contribution in [1.29, 1.82) is 0 Å². The van der Waals surface area contributed by atoms with E-state index < -0.39 is 22.0 Å². The molecular formula is C21H25N3O4S. The summed E-state index contributed by atoms with van der Waals surface area (Å²) < 4.78 is 25.4. The van der Waals surface area contributed by atoms with Crippen molar-refractivity contribution in [3.63, 3.8) is 0 Å². The van der Waals surface area contributed by atoms with Crippen molar-refractivity contribution >= 4 is 21.8 Å². The van der Waals surface area contributed by atoms with E-state index in [0.29, 0.717) is 12.0 Å². The summed E-state index contributed by atoms with van der Waals surface area (Å²) in [6.45, 7) is 0. The van der Waals surface area contributed by atoms with Gasteiger partial charge in [-0.15, -0.1) is 0 Å². The van der Waals surface area contributed by atoms with Gasteiger partial charge in [0.05, 0.1) is 4.90 Å². The summed E-state index contributed by atoms with van der Waals surface area (Å²) in [5, 5.41) is 5.72. The van der Waals surface area contributed by atoms with Crippen LogP contribution in [0.15, 0.2) is 59.5 Å². The molecule has 2 aromatic carbocycles. The summed E-state index contributed by atoms with van der Waals surface area (Å²) in [7, 11) is -0.672. The van der Waals surface area contributed by atoms with Crippen LogP contribution < -0.4 is 10.6 Å². The van der Waals surface area contributed by atoms with Crippen molar-refractivity contribution in [3.05, 3.63) is 65.7 Å². The third kappa shape index (κ3) is 5.42. The first-order chi connectivity index (χ1) is 13.8. The highest BCUT2D eigenvalue weighted by molar-refractivity contribution is 7.89. The van der Waals surface area contributed by atoms with Crippen molar-refractivity contribution in [3.8, 4) is 0 Å². The second-order valence-corrected chi connectivity index (χ2v) is 9.46. The van der Waals surface area contributed by atoms with Crippen LogP contribution >= 0.6 is 0 Å². The van der Waals surface area contributed by atoms with Gasteiger partial charge < -0.3 is 10.6 Å². The van der Waals surface area contributed by atoms with E-state index in [1.54, 1.807) is 0 Å². The maximum Gasteiger partial charge on any atom is 0.251 e. The second kappa shape index (κ2) is 8.75. The number of sulfonamides is 1. The number of hydrogen-bond acceptors (Lipinski definition) is 4. The highest BCUT2D eigenvalue weighted by atomic mass is 32.2. The first kappa shape index (κ1) is 21.0. The molecule has 29 heavy (non-hydrogen) atoms. The third-order valence-electron chi connectivity index (χ3n) is 4.72. The van der Waals surface area contributed by atoms with Gasteiger partial charge in [-0.3, -0.25) is 9.59 Å². The van der Waals surface area contributed by atoms with Crippen LogP contribution in [0.5, 0.6) is 0 Å². The van der Waals surface area contributed by atoms with Crippen LogP contribution in [-0.4, -0.2) is 50.7 Å². The van der Waals surface area contributed by atoms with Gasteiger partial charge in [-0.05, 0) is 42.7 Å². The number of rotatable bonds is 8. The lowest BCUT2D eigenvalue weighted by molar-refractivity contribution is -0.123. The lowest BCUT2D eigenvalue weighted by atomic mass is 10.0. The fraction of sp³-hybridized carbons (Fsp3) is 0.333. The van der Waals surface area contributed by atoms with Gasteiger partial charge in [-0.2, -0.15) is 0 Å². The van der Waals surface area contributed by atoms with Crippen molar-refractivity contribution in [2.45, 2.75) is 36.2 Å². The normalized spacial score (nSPS) is 15.0. The zero-order valence-corrected chi connectivity index (χ0v) is 17.3. The van der Waals surface area contributed by atoms with E-state index in [-0.39, 0.29) is 16.8 Å². The fourth-order valence-corrected chi connectivity index (χ4v) is 3.72. The van der Waals surface area contributed by atoms with Gasteiger partial charge in [0.2, 0.25) is 15.9 Å². The predicted molar refractivity (Wildman–Crippen MR) is 110 cm³/mol. The van der Waals surface area contributed by atoms with Crippen LogP contribution in [0, 0.1) is 0 Å². The summed E-state index contributed by atoms with van der Waals surface area (Å²) in [4.78, 5) is 25.4. The minimum atomic E-state index is -3.57. The molecule has 1 atom stereocenters. The average Bonchev–Trinajstić information content (AvgIpc) is 3.52. The van der Waals surface area contributed by atoms with Gasteiger partial charge in [-0.25, -0.2) is 12.7 Å². The monoisotopic (exact) mass is 415 g/mol. The summed E-state index contributed by atoms with van der Waals surface area (Å²) in [6, 6.07) is 14.6. The molecule has 2 N–H and O–H groups in total. The Balaban J connectivity index is 1.74. The zero-order valence-electron chi connectivity index (χ0n) is 16.5. The Labute approximate surface area is 171 Å². The molecule has 0 bridgehead atoms. The van der Waals surface area contributed by atoms with Crippen LogP contribution in [0.4, 0.5) is 0 Å². The molecule has 7 nitrogen and oxygen atoms in total. The minimum Gasteiger partial charge on any atom is -0.352 e. The van der Waals surface area contributed by atoms with Gasteiger partial charge in [0.1, 0.15) is 6.04 Å². The molecule has 0 aliphatic heterocycles. The standard InChI is InChI=1S/C21H25N3O4S/c1-24(2)29(27,28)18-12-8-16(9-13-18)20(25)23-19(21(26)22-17-10-11-17)14-15-6-4-3-5-7-15/h3-9,12-13,17,19H,10-11,14H2,1-2H3,(H,22,26)(H,23,25). The summed E-state index contributed by atoms with van der Waals surface area (Å²) >= 11 is 0.